The lowest BCUT2D eigenvalue weighted by atomic mass is 9.99. The second-order valence-electron chi connectivity index (χ2n) is 22.5. The first kappa shape index (κ1) is 77.1. The summed E-state index contributed by atoms with van der Waals surface area (Å²) in [4.78, 5) is 71.8. The van der Waals surface area contributed by atoms with Gasteiger partial charge in [0.25, 0.3) is 0 Å². The maximum atomic E-state index is 12.9. The fourth-order valence-electron chi connectivity index (χ4n) is 8.79. The van der Waals surface area contributed by atoms with Crippen molar-refractivity contribution in [2.75, 3.05) is 39.6 Å². The second kappa shape index (κ2) is 52.8. The summed E-state index contributed by atoms with van der Waals surface area (Å²) in [5.41, 5.74) is 0. The number of esters is 4. The summed E-state index contributed by atoms with van der Waals surface area (Å²) in [6.45, 7) is 9.35. The second-order valence-corrected chi connectivity index (χ2v) is 25.4. The van der Waals surface area contributed by atoms with E-state index in [1.54, 1.807) is 0 Å². The van der Waals surface area contributed by atoms with Gasteiger partial charge < -0.3 is 33.8 Å². The van der Waals surface area contributed by atoms with Crippen LogP contribution in [-0.4, -0.2) is 96.7 Å². The molecule has 0 saturated heterocycles. The van der Waals surface area contributed by atoms with E-state index in [4.69, 9.17) is 37.0 Å². The standard InChI is InChI=1S/C60H116O17P2/c1-7-10-12-14-16-19-24-32-38-44-59(64)76-55(48-70-57(62)42-36-30-22-15-13-11-8-2)50-74-78(66,67)72-46-54(61)47-73-79(68,69)75-51-56(49-71-58(63)43-37-31-27-26-28-34-40-52(4)5)77-60(65)45-39-33-25-21-18-17-20-23-29-35-41-53(6)9-3/h52-56,61H,7-51H2,1-6H3,(H,66,67)(H,68,69)/t53?,54-,55+,56+/m0/s1. The largest absolute Gasteiger partial charge is 0.472 e. The number of carbonyl (C=O) groups excluding carboxylic acids is 4. The summed E-state index contributed by atoms with van der Waals surface area (Å²) < 4.78 is 67.7. The molecule has 0 heterocycles. The van der Waals surface area contributed by atoms with Crippen molar-refractivity contribution < 1.29 is 80.2 Å². The minimum absolute atomic E-state index is 0.105. The molecule has 3 unspecified atom stereocenters. The molecule has 6 atom stereocenters. The summed E-state index contributed by atoms with van der Waals surface area (Å²) in [6.07, 6.45) is 33.6. The zero-order valence-electron chi connectivity index (χ0n) is 50.7. The maximum absolute atomic E-state index is 12.9. The molecule has 79 heavy (non-hydrogen) atoms. The number of rotatable bonds is 59. The summed E-state index contributed by atoms with van der Waals surface area (Å²) in [5.74, 6) is -0.664. The highest BCUT2D eigenvalue weighted by molar-refractivity contribution is 7.47. The molecule has 468 valence electrons. The topological polar surface area (TPSA) is 237 Å². The summed E-state index contributed by atoms with van der Waals surface area (Å²) >= 11 is 0. The van der Waals surface area contributed by atoms with Crippen LogP contribution >= 0.6 is 15.6 Å². The minimum atomic E-state index is -4.94. The molecule has 0 saturated carbocycles. The molecule has 0 aromatic rings. The van der Waals surface area contributed by atoms with Gasteiger partial charge in [-0.05, 0) is 37.5 Å². The molecule has 0 rings (SSSR count). The SMILES string of the molecule is CCCCCCCCCCCC(=O)O[C@H](COC(=O)CCCCCCCCC)COP(=O)(O)OC[C@H](O)COP(=O)(O)OC[C@@H](COC(=O)CCCCCCCCC(C)C)OC(=O)CCCCCCCCCCCCC(C)CC. The fraction of sp³-hybridized carbons (Fsp3) is 0.933. The van der Waals surface area contributed by atoms with E-state index in [-0.39, 0.29) is 25.7 Å². The van der Waals surface area contributed by atoms with E-state index < -0.39 is 97.5 Å². The lowest BCUT2D eigenvalue weighted by Crippen LogP contribution is -2.30. The quantitative estimate of drug-likeness (QED) is 0.0222. The number of phosphoric ester groups is 2. The van der Waals surface area contributed by atoms with Crippen molar-refractivity contribution in [2.45, 2.75) is 310 Å². The van der Waals surface area contributed by atoms with Crippen molar-refractivity contribution in [1.29, 1.82) is 0 Å². The Labute approximate surface area is 479 Å². The van der Waals surface area contributed by atoms with Crippen LogP contribution < -0.4 is 0 Å². The highest BCUT2D eigenvalue weighted by Gasteiger charge is 2.30. The van der Waals surface area contributed by atoms with Crippen molar-refractivity contribution in [1.82, 2.24) is 0 Å². The van der Waals surface area contributed by atoms with Crippen LogP contribution in [0.15, 0.2) is 0 Å². The van der Waals surface area contributed by atoms with Crippen LogP contribution in [0, 0.1) is 11.8 Å². The first-order chi connectivity index (χ1) is 37.9. The molecule has 0 bridgehead atoms. The van der Waals surface area contributed by atoms with E-state index in [2.05, 4.69) is 41.5 Å². The number of unbranched alkanes of at least 4 members (excludes halogenated alkanes) is 28. The lowest BCUT2D eigenvalue weighted by molar-refractivity contribution is -0.161. The van der Waals surface area contributed by atoms with Gasteiger partial charge in [0, 0.05) is 25.7 Å². The van der Waals surface area contributed by atoms with Gasteiger partial charge in [0.2, 0.25) is 0 Å². The first-order valence-electron chi connectivity index (χ1n) is 31.5. The van der Waals surface area contributed by atoms with E-state index in [1.165, 1.54) is 89.9 Å². The monoisotopic (exact) mass is 1170 g/mol. The molecule has 0 amide bonds. The van der Waals surface area contributed by atoms with E-state index in [1.807, 2.05) is 0 Å². The zero-order valence-corrected chi connectivity index (χ0v) is 52.4. The number of phosphoric acid groups is 2. The first-order valence-corrected chi connectivity index (χ1v) is 34.5. The van der Waals surface area contributed by atoms with Crippen LogP contribution in [-0.2, 0) is 65.4 Å². The maximum Gasteiger partial charge on any atom is 0.472 e. The van der Waals surface area contributed by atoms with E-state index in [9.17, 15) is 43.2 Å². The smallest absolute Gasteiger partial charge is 0.462 e. The third kappa shape index (κ3) is 53.8. The van der Waals surface area contributed by atoms with Gasteiger partial charge in [-0.2, -0.15) is 0 Å². The number of carbonyl (C=O) groups is 4. The Balaban J connectivity index is 5.21. The number of ether oxygens (including phenoxy) is 4. The number of hydrogen-bond acceptors (Lipinski definition) is 15. The summed E-state index contributed by atoms with van der Waals surface area (Å²) in [7, 11) is -9.87. The average molecular weight is 1170 g/mol. The molecule has 0 aliphatic carbocycles. The molecule has 0 aromatic heterocycles. The Bertz CT molecular complexity index is 1570. The molecule has 17 nitrogen and oxygen atoms in total. The van der Waals surface area contributed by atoms with Gasteiger partial charge in [0.1, 0.15) is 19.3 Å². The predicted octanol–water partition coefficient (Wildman–Crippen LogP) is 16.1. The third-order valence-corrected chi connectivity index (χ3v) is 16.0. The van der Waals surface area contributed by atoms with Gasteiger partial charge in [-0.1, -0.05) is 241 Å². The Hall–Kier alpha value is -1.94. The van der Waals surface area contributed by atoms with Gasteiger partial charge in [-0.3, -0.25) is 37.3 Å². The summed E-state index contributed by atoms with van der Waals surface area (Å²) in [6, 6.07) is 0. The van der Waals surface area contributed by atoms with Crippen LogP contribution in [0.25, 0.3) is 0 Å². The molecule has 19 heteroatoms. The number of aliphatic hydroxyl groups excluding tert-OH is 1. The van der Waals surface area contributed by atoms with E-state index in [0.29, 0.717) is 31.6 Å². The van der Waals surface area contributed by atoms with E-state index in [0.717, 1.165) is 115 Å². The molecular weight excluding hydrogens is 1050 g/mol. The zero-order chi connectivity index (χ0) is 58.7. The van der Waals surface area contributed by atoms with Gasteiger partial charge >= 0.3 is 39.5 Å². The van der Waals surface area contributed by atoms with Crippen molar-refractivity contribution in [3.05, 3.63) is 0 Å². The molecule has 0 aromatic carbocycles. The van der Waals surface area contributed by atoms with Gasteiger partial charge in [0.15, 0.2) is 12.2 Å². The van der Waals surface area contributed by atoms with Crippen molar-refractivity contribution in [3.8, 4) is 0 Å². The normalized spacial score (nSPS) is 14.8. The number of hydrogen-bond donors (Lipinski definition) is 3. The van der Waals surface area contributed by atoms with Crippen LogP contribution in [0.1, 0.15) is 292 Å². The molecule has 0 aliphatic heterocycles. The van der Waals surface area contributed by atoms with Crippen molar-refractivity contribution >= 4 is 39.5 Å². The van der Waals surface area contributed by atoms with E-state index >= 15 is 0 Å². The Morgan fingerprint density at radius 2 is 0.646 bits per heavy atom. The van der Waals surface area contributed by atoms with Crippen LogP contribution in [0.4, 0.5) is 0 Å². The Morgan fingerprint density at radius 1 is 0.367 bits per heavy atom. The predicted molar refractivity (Wildman–Crippen MR) is 312 cm³/mol. The van der Waals surface area contributed by atoms with Crippen LogP contribution in [0.2, 0.25) is 0 Å². The third-order valence-electron chi connectivity index (χ3n) is 14.1. The van der Waals surface area contributed by atoms with Crippen molar-refractivity contribution in [3.63, 3.8) is 0 Å². The Kier molecular flexibility index (Phi) is 51.5. The van der Waals surface area contributed by atoms with Crippen molar-refractivity contribution in [2.24, 2.45) is 11.8 Å². The van der Waals surface area contributed by atoms with Crippen LogP contribution in [0.5, 0.6) is 0 Å². The average Bonchev–Trinajstić information content (AvgIpc) is 3.41. The van der Waals surface area contributed by atoms with Gasteiger partial charge in [0.05, 0.1) is 26.4 Å². The minimum Gasteiger partial charge on any atom is -0.462 e. The molecule has 0 fully saturated rings. The fourth-order valence-corrected chi connectivity index (χ4v) is 10.4. The molecule has 3 N–H and O–H groups in total. The van der Waals surface area contributed by atoms with Gasteiger partial charge in [-0.25, -0.2) is 9.13 Å². The van der Waals surface area contributed by atoms with Gasteiger partial charge in [-0.15, -0.1) is 0 Å². The number of aliphatic hydroxyl groups is 1. The molecular formula is C60H116O17P2. The highest BCUT2D eigenvalue weighted by atomic mass is 31.2. The Morgan fingerprint density at radius 3 is 0.962 bits per heavy atom. The highest BCUT2D eigenvalue weighted by Crippen LogP contribution is 2.45. The summed E-state index contributed by atoms with van der Waals surface area (Å²) in [5, 5.41) is 10.5. The molecule has 0 radical (unpaired) electrons. The lowest BCUT2D eigenvalue weighted by Gasteiger charge is -2.21. The molecule has 0 spiro atoms. The molecule has 0 aliphatic rings. The van der Waals surface area contributed by atoms with Crippen LogP contribution in [0.3, 0.4) is 0 Å².